The third kappa shape index (κ3) is 4.34. The molecule has 2 rings (SSSR count). The minimum Gasteiger partial charge on any atom is -0.464 e. The standard InChI is InChI=1S/C14H17F3N2O2/c1-10-4-2-3-5-11(10)9-21-13(20)8-19-7-6-12(18-19)14(15,16)17/h2-3,6-7,10-11H,4-5,8-9H2,1H3. The molecular weight excluding hydrogens is 285 g/mol. The molecule has 1 aromatic rings. The molecule has 2 atom stereocenters. The van der Waals surface area contributed by atoms with E-state index >= 15 is 0 Å². The second-order valence-corrected chi connectivity index (χ2v) is 5.26. The van der Waals surface area contributed by atoms with Gasteiger partial charge >= 0.3 is 12.1 Å². The molecule has 0 aliphatic heterocycles. The predicted octanol–water partition coefficient (Wildman–Crippen LogP) is 3.05. The van der Waals surface area contributed by atoms with E-state index in [2.05, 4.69) is 24.2 Å². The van der Waals surface area contributed by atoms with Crippen molar-refractivity contribution >= 4 is 5.97 Å². The maximum absolute atomic E-state index is 12.4. The van der Waals surface area contributed by atoms with Crippen molar-refractivity contribution in [3.05, 3.63) is 30.1 Å². The normalized spacial score (nSPS) is 22.3. The van der Waals surface area contributed by atoms with Crippen LogP contribution in [0.2, 0.25) is 0 Å². The highest BCUT2D eigenvalue weighted by Gasteiger charge is 2.33. The van der Waals surface area contributed by atoms with Crippen molar-refractivity contribution in [2.75, 3.05) is 6.61 Å². The number of aromatic nitrogens is 2. The van der Waals surface area contributed by atoms with E-state index in [4.69, 9.17) is 4.74 Å². The van der Waals surface area contributed by atoms with Crippen LogP contribution in [-0.2, 0) is 22.3 Å². The molecule has 116 valence electrons. The molecule has 1 aliphatic carbocycles. The first-order valence-electron chi connectivity index (χ1n) is 6.77. The minimum absolute atomic E-state index is 0.266. The van der Waals surface area contributed by atoms with Crippen LogP contribution in [0.25, 0.3) is 0 Å². The first kappa shape index (κ1) is 15.6. The molecule has 0 bridgehead atoms. The number of carbonyl (C=O) groups excluding carboxylic acids is 1. The van der Waals surface area contributed by atoms with Crippen molar-refractivity contribution in [2.45, 2.75) is 32.5 Å². The van der Waals surface area contributed by atoms with E-state index in [1.54, 1.807) is 0 Å². The summed E-state index contributed by atoms with van der Waals surface area (Å²) < 4.78 is 43.2. The lowest BCUT2D eigenvalue weighted by Crippen LogP contribution is -2.23. The maximum Gasteiger partial charge on any atom is 0.435 e. The Morgan fingerprint density at radius 1 is 1.43 bits per heavy atom. The van der Waals surface area contributed by atoms with Gasteiger partial charge in [-0.3, -0.25) is 9.48 Å². The third-order valence-electron chi connectivity index (χ3n) is 3.60. The number of hydrogen-bond donors (Lipinski definition) is 0. The summed E-state index contributed by atoms with van der Waals surface area (Å²) in [7, 11) is 0. The monoisotopic (exact) mass is 302 g/mol. The Hall–Kier alpha value is -1.79. The highest BCUT2D eigenvalue weighted by Crippen LogP contribution is 2.27. The van der Waals surface area contributed by atoms with E-state index in [9.17, 15) is 18.0 Å². The summed E-state index contributed by atoms with van der Waals surface area (Å²) in [4.78, 5) is 11.6. The number of hydrogen-bond acceptors (Lipinski definition) is 3. The zero-order valence-corrected chi connectivity index (χ0v) is 11.6. The lowest BCUT2D eigenvalue weighted by molar-refractivity contribution is -0.147. The summed E-state index contributed by atoms with van der Waals surface area (Å²) in [6.45, 7) is 2.07. The fraction of sp³-hybridized carbons (Fsp3) is 0.571. The SMILES string of the molecule is CC1CC=CCC1COC(=O)Cn1ccc(C(F)(F)F)n1. The van der Waals surface area contributed by atoms with Crippen LogP contribution in [-0.4, -0.2) is 22.4 Å². The number of nitrogens with zero attached hydrogens (tertiary/aromatic N) is 2. The van der Waals surface area contributed by atoms with Crippen LogP contribution in [0.5, 0.6) is 0 Å². The summed E-state index contributed by atoms with van der Waals surface area (Å²) in [6, 6.07) is 0.835. The van der Waals surface area contributed by atoms with Crippen LogP contribution < -0.4 is 0 Å². The summed E-state index contributed by atoms with van der Waals surface area (Å²) in [5.41, 5.74) is -1.01. The zero-order chi connectivity index (χ0) is 15.5. The van der Waals surface area contributed by atoms with E-state index < -0.39 is 17.8 Å². The van der Waals surface area contributed by atoms with Gasteiger partial charge in [0.15, 0.2) is 5.69 Å². The molecule has 1 aliphatic rings. The fourth-order valence-electron chi connectivity index (χ4n) is 2.22. The highest BCUT2D eigenvalue weighted by atomic mass is 19.4. The lowest BCUT2D eigenvalue weighted by Gasteiger charge is -2.24. The van der Waals surface area contributed by atoms with Gasteiger partial charge in [0.1, 0.15) is 6.54 Å². The van der Waals surface area contributed by atoms with Gasteiger partial charge in [-0.15, -0.1) is 0 Å². The molecule has 0 radical (unpaired) electrons. The van der Waals surface area contributed by atoms with Crippen LogP contribution in [0.1, 0.15) is 25.5 Å². The summed E-state index contributed by atoms with van der Waals surface area (Å²) in [5.74, 6) is 0.125. The van der Waals surface area contributed by atoms with Crippen molar-refractivity contribution < 1.29 is 22.7 Å². The Morgan fingerprint density at radius 2 is 2.14 bits per heavy atom. The molecule has 21 heavy (non-hydrogen) atoms. The largest absolute Gasteiger partial charge is 0.464 e. The fourth-order valence-corrected chi connectivity index (χ4v) is 2.22. The number of esters is 1. The van der Waals surface area contributed by atoms with Gasteiger partial charge < -0.3 is 4.74 Å². The molecule has 0 saturated heterocycles. The molecule has 0 saturated carbocycles. The second kappa shape index (κ2) is 6.32. The number of allylic oxidation sites excluding steroid dienone is 2. The van der Waals surface area contributed by atoms with Gasteiger partial charge in [-0.25, -0.2) is 0 Å². The Bertz CT molecular complexity index is 523. The first-order valence-corrected chi connectivity index (χ1v) is 6.77. The van der Waals surface area contributed by atoms with E-state index in [0.717, 1.165) is 29.8 Å². The van der Waals surface area contributed by atoms with E-state index in [-0.39, 0.29) is 19.1 Å². The maximum atomic E-state index is 12.4. The van der Waals surface area contributed by atoms with Crippen LogP contribution in [0.15, 0.2) is 24.4 Å². The predicted molar refractivity (Wildman–Crippen MR) is 69.2 cm³/mol. The molecule has 0 aromatic carbocycles. The van der Waals surface area contributed by atoms with Gasteiger partial charge in [0.05, 0.1) is 6.61 Å². The number of alkyl halides is 3. The van der Waals surface area contributed by atoms with E-state index in [0.29, 0.717) is 5.92 Å². The summed E-state index contributed by atoms with van der Waals surface area (Å²) >= 11 is 0. The Labute approximate surface area is 120 Å². The third-order valence-corrected chi connectivity index (χ3v) is 3.60. The number of halogens is 3. The van der Waals surface area contributed by atoms with Gasteiger partial charge in [-0.1, -0.05) is 19.1 Å². The second-order valence-electron chi connectivity index (χ2n) is 5.26. The van der Waals surface area contributed by atoms with E-state index in [1.807, 2.05) is 0 Å². The Kier molecular flexibility index (Phi) is 4.69. The summed E-state index contributed by atoms with van der Waals surface area (Å²) in [6.07, 6.45) is 2.59. The van der Waals surface area contributed by atoms with Crippen molar-refractivity contribution in [3.63, 3.8) is 0 Å². The van der Waals surface area contributed by atoms with Crippen molar-refractivity contribution in [1.82, 2.24) is 9.78 Å². The molecule has 0 amide bonds. The quantitative estimate of drug-likeness (QED) is 0.634. The van der Waals surface area contributed by atoms with Crippen molar-refractivity contribution in [2.24, 2.45) is 11.8 Å². The van der Waals surface area contributed by atoms with Crippen molar-refractivity contribution in [3.8, 4) is 0 Å². The molecule has 4 nitrogen and oxygen atoms in total. The molecular formula is C14H17F3N2O2. The average molecular weight is 302 g/mol. The van der Waals surface area contributed by atoms with Gasteiger partial charge in [0, 0.05) is 6.20 Å². The topological polar surface area (TPSA) is 44.1 Å². The van der Waals surface area contributed by atoms with Gasteiger partial charge in [-0.05, 0) is 30.7 Å². The van der Waals surface area contributed by atoms with Crippen LogP contribution in [0, 0.1) is 11.8 Å². The minimum atomic E-state index is -4.50. The smallest absolute Gasteiger partial charge is 0.435 e. The van der Waals surface area contributed by atoms with Gasteiger partial charge in [0.2, 0.25) is 0 Å². The van der Waals surface area contributed by atoms with Crippen LogP contribution >= 0.6 is 0 Å². The number of ether oxygens (including phenoxy) is 1. The van der Waals surface area contributed by atoms with Gasteiger partial charge in [-0.2, -0.15) is 18.3 Å². The van der Waals surface area contributed by atoms with Crippen LogP contribution in [0.3, 0.4) is 0 Å². The average Bonchev–Trinajstić information content (AvgIpc) is 2.86. The molecule has 0 fully saturated rings. The van der Waals surface area contributed by atoms with Crippen LogP contribution in [0.4, 0.5) is 13.2 Å². The number of carbonyl (C=O) groups is 1. The van der Waals surface area contributed by atoms with Crippen molar-refractivity contribution in [1.29, 1.82) is 0 Å². The molecule has 7 heteroatoms. The zero-order valence-electron chi connectivity index (χ0n) is 11.6. The first-order chi connectivity index (χ1) is 9.86. The molecule has 2 unspecified atom stereocenters. The Morgan fingerprint density at radius 3 is 2.76 bits per heavy atom. The van der Waals surface area contributed by atoms with E-state index in [1.165, 1.54) is 0 Å². The molecule has 1 heterocycles. The highest BCUT2D eigenvalue weighted by molar-refractivity contribution is 5.69. The van der Waals surface area contributed by atoms with Gasteiger partial charge in [0.25, 0.3) is 0 Å². The molecule has 0 spiro atoms. The molecule has 1 aromatic heterocycles. The number of rotatable bonds is 4. The summed E-state index contributed by atoms with van der Waals surface area (Å²) in [5, 5.41) is 3.31. The lowest BCUT2D eigenvalue weighted by atomic mass is 9.85. The Balaban J connectivity index is 1.82. The molecule has 0 N–H and O–H groups in total.